The topological polar surface area (TPSA) is 195 Å². The van der Waals surface area contributed by atoms with Crippen molar-refractivity contribution >= 4 is 51.5 Å². The van der Waals surface area contributed by atoms with Gasteiger partial charge in [0.1, 0.15) is 17.9 Å². The summed E-state index contributed by atoms with van der Waals surface area (Å²) in [7, 11) is 0. The lowest BCUT2D eigenvalue weighted by molar-refractivity contribution is -0.137. The summed E-state index contributed by atoms with van der Waals surface area (Å²) in [5, 5.41) is 27.5. The van der Waals surface area contributed by atoms with Gasteiger partial charge in [0.05, 0.1) is 42.4 Å². The molecular weight excluding hydrogens is 829 g/mol. The predicted molar refractivity (Wildman–Crippen MR) is 234 cm³/mol. The van der Waals surface area contributed by atoms with Crippen LogP contribution in [-0.4, -0.2) is 94.8 Å². The SMILES string of the molecule is O=C(O)Cn1cc(NC(=O)c2cccc3c2ccn3CCCCCCNCC2CCC(n3cc(NC(=O)c4cnn5ccc(N6C[C@H]7C[C@@H]6CO7)nc45)c(C(F)F)n3)CC2)ccc1=O. The molecule has 3 aliphatic rings. The smallest absolute Gasteiger partial charge is 0.323 e. The first-order chi connectivity index (χ1) is 31.1. The van der Waals surface area contributed by atoms with Gasteiger partial charge in [0, 0.05) is 60.4 Å². The van der Waals surface area contributed by atoms with Gasteiger partial charge in [-0.3, -0.25) is 23.9 Å². The molecule has 9 rings (SSSR count). The summed E-state index contributed by atoms with van der Waals surface area (Å²) < 4.78 is 40.5. The van der Waals surface area contributed by atoms with Gasteiger partial charge in [-0.05, 0) is 94.3 Å². The van der Waals surface area contributed by atoms with Crippen LogP contribution in [0.1, 0.15) is 96.7 Å². The van der Waals surface area contributed by atoms with Crippen molar-refractivity contribution in [1.82, 2.24) is 38.8 Å². The number of anilines is 3. The average Bonchev–Trinajstić information content (AvgIpc) is 4.15. The monoisotopic (exact) mass is 879 g/mol. The molecule has 6 aromatic rings. The number of fused-ring (bicyclic) bond motifs is 4. The Balaban J connectivity index is 0.696. The number of amides is 2. The number of rotatable bonds is 18. The molecule has 2 aliphatic heterocycles. The summed E-state index contributed by atoms with van der Waals surface area (Å²) in [6.45, 7) is 3.50. The molecule has 1 saturated carbocycles. The highest BCUT2D eigenvalue weighted by atomic mass is 19.3. The number of carbonyl (C=O) groups is 3. The first-order valence-electron chi connectivity index (χ1n) is 22.0. The number of unbranched alkanes of at least 4 members (excludes halogenated alkanes) is 3. The lowest BCUT2D eigenvalue weighted by Gasteiger charge is -2.29. The normalized spacial score (nSPS) is 19.6. The highest BCUT2D eigenvalue weighted by Gasteiger charge is 2.40. The number of hydrogen-bond acceptors (Lipinski definition) is 10. The van der Waals surface area contributed by atoms with Crippen molar-refractivity contribution in [2.45, 2.75) is 95.5 Å². The Morgan fingerprint density at radius 1 is 0.891 bits per heavy atom. The van der Waals surface area contributed by atoms with Crippen molar-refractivity contribution in [2.75, 3.05) is 41.8 Å². The second-order valence-electron chi connectivity index (χ2n) is 17.0. The lowest BCUT2D eigenvalue weighted by Crippen LogP contribution is -2.37. The number of alkyl halides is 2. The van der Waals surface area contributed by atoms with E-state index in [0.717, 1.165) is 105 Å². The molecule has 64 heavy (non-hydrogen) atoms. The van der Waals surface area contributed by atoms with Gasteiger partial charge in [-0.25, -0.2) is 18.3 Å². The van der Waals surface area contributed by atoms with Gasteiger partial charge in [0.2, 0.25) is 0 Å². The molecular formula is C45H51F2N11O6. The number of morpholine rings is 1. The standard InChI is InChI=1S/C45H51F2N11O6/c46-42(47)41-36(51-45(63)35-22-49-57-19-15-38(52-43(35)57)56-24-32-20-31(56)27-64-32)25-58(53-41)30-11-8-28(9-12-30)21-48-16-3-1-2-4-17-54-18-14-33-34(6-5-7-37(33)54)44(62)50-29-10-13-39(59)55(23-29)26-40(60)61/h5-7,10,13-15,18-19,22-23,25,28,30-32,42,48H,1-4,8-9,11-12,16-17,20-21,24,26-27H2,(H,50,62)(H,51,63)(H,60,61)/t28?,30?,31-,32-/m1/s1. The van der Waals surface area contributed by atoms with Gasteiger partial charge in [-0.1, -0.05) is 18.9 Å². The number of carboxylic acid groups (broad SMARTS) is 1. The van der Waals surface area contributed by atoms with Crippen LogP contribution in [0.25, 0.3) is 16.6 Å². The Labute approximate surface area is 366 Å². The number of aryl methyl sites for hydroxylation is 1. The third-order valence-corrected chi connectivity index (χ3v) is 12.7. The summed E-state index contributed by atoms with van der Waals surface area (Å²) >= 11 is 0. The van der Waals surface area contributed by atoms with Crippen LogP contribution in [0.3, 0.4) is 0 Å². The van der Waals surface area contributed by atoms with Crippen molar-refractivity contribution in [1.29, 1.82) is 0 Å². The molecule has 3 fully saturated rings. The maximum Gasteiger partial charge on any atom is 0.323 e. The molecule has 0 radical (unpaired) electrons. The Bertz CT molecular complexity index is 2720. The van der Waals surface area contributed by atoms with E-state index in [1.54, 1.807) is 16.9 Å². The predicted octanol–water partition coefficient (Wildman–Crippen LogP) is 6.13. The largest absolute Gasteiger partial charge is 0.480 e. The Morgan fingerprint density at radius 2 is 1.72 bits per heavy atom. The highest BCUT2D eigenvalue weighted by molar-refractivity contribution is 6.12. The van der Waals surface area contributed by atoms with E-state index in [-0.39, 0.29) is 35.3 Å². The van der Waals surface area contributed by atoms with Crippen molar-refractivity contribution in [3.63, 3.8) is 0 Å². The molecule has 1 aromatic carbocycles. The van der Waals surface area contributed by atoms with Gasteiger partial charge in [0.25, 0.3) is 23.8 Å². The van der Waals surface area contributed by atoms with E-state index < -0.39 is 36.1 Å². The number of aromatic nitrogens is 7. The summed E-state index contributed by atoms with van der Waals surface area (Å²) in [4.78, 5) is 56.7. The molecule has 19 heteroatoms. The Kier molecular flexibility index (Phi) is 12.5. The zero-order valence-corrected chi connectivity index (χ0v) is 35.2. The maximum atomic E-state index is 14.2. The van der Waals surface area contributed by atoms with E-state index in [1.165, 1.54) is 35.2 Å². The first-order valence-corrected chi connectivity index (χ1v) is 22.0. The molecule has 0 unspecified atom stereocenters. The fourth-order valence-electron chi connectivity index (χ4n) is 9.39. The third kappa shape index (κ3) is 9.26. The molecule has 0 spiro atoms. The molecule has 336 valence electrons. The third-order valence-electron chi connectivity index (χ3n) is 12.7. The number of nitrogens with one attached hydrogen (secondary N) is 3. The van der Waals surface area contributed by atoms with Crippen molar-refractivity contribution in [3.05, 3.63) is 101 Å². The number of aliphatic carboxylic acids is 1. The quantitative estimate of drug-likeness (QED) is 0.0726. The van der Waals surface area contributed by atoms with E-state index in [2.05, 4.69) is 35.6 Å². The number of ether oxygens (including phenoxy) is 1. The fourth-order valence-corrected chi connectivity index (χ4v) is 9.39. The van der Waals surface area contributed by atoms with Gasteiger partial charge < -0.3 is 39.8 Å². The molecule has 2 saturated heterocycles. The van der Waals surface area contributed by atoms with Gasteiger partial charge in [-0.2, -0.15) is 10.2 Å². The minimum absolute atomic E-state index is 0.00858. The van der Waals surface area contributed by atoms with Crippen LogP contribution in [0.5, 0.6) is 0 Å². The van der Waals surface area contributed by atoms with Gasteiger partial charge >= 0.3 is 5.97 Å². The average molecular weight is 880 g/mol. The molecule has 1 aliphatic carbocycles. The van der Waals surface area contributed by atoms with E-state index in [4.69, 9.17) is 14.8 Å². The van der Waals surface area contributed by atoms with E-state index in [0.29, 0.717) is 29.4 Å². The van der Waals surface area contributed by atoms with E-state index >= 15 is 0 Å². The summed E-state index contributed by atoms with van der Waals surface area (Å²) in [5.74, 6) is -0.862. The number of halogens is 2. The molecule has 7 heterocycles. The van der Waals surface area contributed by atoms with Crippen molar-refractivity contribution in [2.24, 2.45) is 5.92 Å². The Hall–Kier alpha value is -6.47. The number of carboxylic acids is 1. The lowest BCUT2D eigenvalue weighted by atomic mass is 9.86. The second kappa shape index (κ2) is 18.7. The summed E-state index contributed by atoms with van der Waals surface area (Å²) in [5.41, 5.74) is 1.37. The molecule has 17 nitrogen and oxygen atoms in total. The molecule has 5 aromatic heterocycles. The number of carbonyl (C=O) groups excluding carboxylic acids is 2. The molecule has 2 atom stereocenters. The van der Waals surface area contributed by atoms with Crippen LogP contribution in [-0.2, 0) is 22.6 Å². The second-order valence-corrected chi connectivity index (χ2v) is 17.0. The van der Waals surface area contributed by atoms with Gasteiger partial charge in [0.15, 0.2) is 11.3 Å². The minimum Gasteiger partial charge on any atom is -0.480 e. The van der Waals surface area contributed by atoms with Crippen molar-refractivity contribution < 1.29 is 33.0 Å². The highest BCUT2D eigenvalue weighted by Crippen LogP contribution is 2.36. The van der Waals surface area contributed by atoms with Crippen molar-refractivity contribution in [3.8, 4) is 0 Å². The summed E-state index contributed by atoms with van der Waals surface area (Å²) in [6, 6.07) is 12.2. The van der Waals surface area contributed by atoms with Crippen LogP contribution in [0.2, 0.25) is 0 Å². The van der Waals surface area contributed by atoms with Crippen LogP contribution in [0.15, 0.2) is 78.2 Å². The van der Waals surface area contributed by atoms with E-state index in [1.807, 2.05) is 30.5 Å². The van der Waals surface area contributed by atoms with Crippen LogP contribution in [0.4, 0.5) is 26.0 Å². The number of benzene rings is 1. The molecule has 4 N–H and O–H groups in total. The number of nitrogens with zero attached hydrogens (tertiary/aromatic N) is 8. The van der Waals surface area contributed by atoms with Crippen LogP contribution < -0.4 is 26.4 Å². The minimum atomic E-state index is -2.86. The first kappa shape index (κ1) is 42.8. The van der Waals surface area contributed by atoms with Gasteiger partial charge in [-0.15, -0.1) is 0 Å². The van der Waals surface area contributed by atoms with E-state index in [9.17, 15) is 28.0 Å². The number of pyridine rings is 1. The zero-order chi connectivity index (χ0) is 44.3. The zero-order valence-electron chi connectivity index (χ0n) is 35.2. The Morgan fingerprint density at radius 3 is 2.50 bits per heavy atom. The molecule has 2 bridgehead atoms. The molecule has 2 amide bonds. The maximum absolute atomic E-state index is 14.2. The summed E-state index contributed by atoms with van der Waals surface area (Å²) in [6.07, 6.45) is 13.9. The van der Waals surface area contributed by atoms with Crippen LogP contribution >= 0.6 is 0 Å². The fraction of sp³-hybridized carbons (Fsp3) is 0.444. The van der Waals surface area contributed by atoms with Crippen LogP contribution in [0, 0.1) is 5.92 Å². The number of hydrogen-bond donors (Lipinski definition) is 4.